The minimum absolute atomic E-state index is 0.123. The summed E-state index contributed by atoms with van der Waals surface area (Å²) in [6, 6.07) is 0.711. The molecule has 2 aliphatic rings. The molecule has 0 spiro atoms. The lowest BCUT2D eigenvalue weighted by Crippen LogP contribution is -2.56. The van der Waals surface area contributed by atoms with Gasteiger partial charge >= 0.3 is 0 Å². The molecule has 2 saturated heterocycles. The summed E-state index contributed by atoms with van der Waals surface area (Å²) in [5.74, 6) is 0.605. The molecule has 3 unspecified atom stereocenters. The lowest BCUT2D eigenvalue weighted by atomic mass is 9.83. The summed E-state index contributed by atoms with van der Waals surface area (Å²) in [7, 11) is 0. The van der Waals surface area contributed by atoms with E-state index in [9.17, 15) is 0 Å². The van der Waals surface area contributed by atoms with Crippen molar-refractivity contribution in [3.63, 3.8) is 0 Å². The lowest BCUT2D eigenvalue weighted by molar-refractivity contribution is 0.0577. The largest absolute Gasteiger partial charge is 0.381 e. The van der Waals surface area contributed by atoms with E-state index in [0.717, 1.165) is 32.8 Å². The number of likely N-dealkylation sites (tertiary alicyclic amines) is 1. The highest BCUT2D eigenvalue weighted by Crippen LogP contribution is 2.34. The van der Waals surface area contributed by atoms with Crippen molar-refractivity contribution in [2.24, 2.45) is 11.7 Å². The third kappa shape index (κ3) is 2.97. The average molecular weight is 269 g/mol. The monoisotopic (exact) mass is 269 g/mol. The van der Waals surface area contributed by atoms with E-state index in [2.05, 4.69) is 30.6 Å². The molecular formula is C15H31N3O. The van der Waals surface area contributed by atoms with Gasteiger partial charge in [-0.15, -0.1) is 0 Å². The molecule has 0 radical (unpaired) electrons. The molecule has 0 aromatic heterocycles. The second-order valence-corrected chi connectivity index (χ2v) is 6.23. The van der Waals surface area contributed by atoms with Gasteiger partial charge in [0, 0.05) is 43.7 Å². The maximum absolute atomic E-state index is 6.14. The first-order valence-electron chi connectivity index (χ1n) is 7.92. The van der Waals surface area contributed by atoms with Gasteiger partial charge in [-0.3, -0.25) is 9.80 Å². The van der Waals surface area contributed by atoms with Crippen molar-refractivity contribution in [2.45, 2.75) is 45.2 Å². The van der Waals surface area contributed by atoms with Crippen LogP contribution in [0.3, 0.4) is 0 Å². The Morgan fingerprint density at radius 2 is 2.05 bits per heavy atom. The fraction of sp³-hybridized carbons (Fsp3) is 1.00. The topological polar surface area (TPSA) is 41.7 Å². The van der Waals surface area contributed by atoms with Crippen LogP contribution in [0.1, 0.15) is 33.6 Å². The van der Waals surface area contributed by atoms with Crippen LogP contribution in [0.4, 0.5) is 0 Å². The zero-order valence-electron chi connectivity index (χ0n) is 12.9. The molecule has 0 aliphatic carbocycles. The summed E-state index contributed by atoms with van der Waals surface area (Å²) in [6.45, 7) is 14.1. The van der Waals surface area contributed by atoms with Crippen LogP contribution in [-0.2, 0) is 4.74 Å². The predicted octanol–water partition coefficient (Wildman–Crippen LogP) is 1.16. The summed E-state index contributed by atoms with van der Waals surface area (Å²) < 4.78 is 5.59. The van der Waals surface area contributed by atoms with Gasteiger partial charge in [0.1, 0.15) is 0 Å². The van der Waals surface area contributed by atoms with Crippen molar-refractivity contribution in [1.82, 2.24) is 9.80 Å². The number of rotatable bonds is 6. The fourth-order valence-corrected chi connectivity index (χ4v) is 3.82. The van der Waals surface area contributed by atoms with E-state index < -0.39 is 0 Å². The van der Waals surface area contributed by atoms with E-state index >= 15 is 0 Å². The van der Waals surface area contributed by atoms with Crippen molar-refractivity contribution in [3.05, 3.63) is 0 Å². The highest BCUT2D eigenvalue weighted by Gasteiger charge is 2.43. The Balaban J connectivity index is 2.00. The maximum atomic E-state index is 6.14. The van der Waals surface area contributed by atoms with Gasteiger partial charge in [-0.2, -0.15) is 0 Å². The van der Waals surface area contributed by atoms with Crippen molar-refractivity contribution in [3.8, 4) is 0 Å². The van der Waals surface area contributed by atoms with Gasteiger partial charge in [-0.05, 0) is 32.9 Å². The Kier molecular flexibility index (Phi) is 5.23. The van der Waals surface area contributed by atoms with Gasteiger partial charge in [0.15, 0.2) is 0 Å². The Morgan fingerprint density at radius 3 is 2.58 bits per heavy atom. The van der Waals surface area contributed by atoms with E-state index in [4.69, 9.17) is 10.5 Å². The second-order valence-electron chi connectivity index (χ2n) is 6.23. The molecule has 19 heavy (non-hydrogen) atoms. The van der Waals surface area contributed by atoms with Crippen LogP contribution >= 0.6 is 0 Å². The molecule has 2 rings (SSSR count). The van der Waals surface area contributed by atoms with E-state index in [-0.39, 0.29) is 5.54 Å². The zero-order chi connectivity index (χ0) is 13.9. The molecule has 2 aliphatic heterocycles. The van der Waals surface area contributed by atoms with Gasteiger partial charge in [-0.25, -0.2) is 0 Å². The molecule has 112 valence electrons. The summed E-state index contributed by atoms with van der Waals surface area (Å²) in [6.07, 6.45) is 2.45. The Hall–Kier alpha value is -0.160. The molecule has 3 atom stereocenters. The first kappa shape index (κ1) is 15.2. The zero-order valence-corrected chi connectivity index (χ0v) is 12.9. The smallest absolute Gasteiger partial charge is 0.0513 e. The molecule has 0 saturated carbocycles. The van der Waals surface area contributed by atoms with Crippen LogP contribution < -0.4 is 5.73 Å². The van der Waals surface area contributed by atoms with Crippen LogP contribution in [0.2, 0.25) is 0 Å². The second kappa shape index (κ2) is 6.53. The van der Waals surface area contributed by atoms with Gasteiger partial charge in [0.25, 0.3) is 0 Å². The number of nitrogens with zero attached hydrogens (tertiary/aromatic N) is 2. The SMILES string of the molecule is CCN(CC)C1CCN(C(C)(CN)C2CCOC2)C1. The number of likely N-dealkylation sites (N-methyl/N-ethyl adjacent to an activating group) is 1. The van der Waals surface area contributed by atoms with E-state index in [1.54, 1.807) is 0 Å². The first-order chi connectivity index (χ1) is 9.15. The van der Waals surface area contributed by atoms with Gasteiger partial charge < -0.3 is 10.5 Å². The van der Waals surface area contributed by atoms with Crippen molar-refractivity contribution >= 4 is 0 Å². The van der Waals surface area contributed by atoms with Gasteiger partial charge in [0.2, 0.25) is 0 Å². The highest BCUT2D eigenvalue weighted by atomic mass is 16.5. The number of nitrogens with two attached hydrogens (primary N) is 1. The quantitative estimate of drug-likeness (QED) is 0.785. The van der Waals surface area contributed by atoms with Crippen molar-refractivity contribution < 1.29 is 4.74 Å². The molecule has 0 bridgehead atoms. The summed E-state index contributed by atoms with van der Waals surface area (Å²) in [5.41, 5.74) is 6.27. The summed E-state index contributed by atoms with van der Waals surface area (Å²) in [5, 5.41) is 0. The van der Waals surface area contributed by atoms with Gasteiger partial charge in [-0.1, -0.05) is 13.8 Å². The molecule has 2 fully saturated rings. The molecule has 0 aromatic rings. The standard InChI is InChI=1S/C15H31N3O/c1-4-17(5-2)14-6-8-18(10-14)15(3,12-16)13-7-9-19-11-13/h13-14H,4-12,16H2,1-3H3. The minimum Gasteiger partial charge on any atom is -0.381 e. The summed E-state index contributed by atoms with van der Waals surface area (Å²) in [4.78, 5) is 5.22. The number of ether oxygens (including phenoxy) is 1. The highest BCUT2D eigenvalue weighted by molar-refractivity contribution is 4.99. The Morgan fingerprint density at radius 1 is 1.32 bits per heavy atom. The normalized spacial score (nSPS) is 32.1. The molecule has 0 amide bonds. The van der Waals surface area contributed by atoms with E-state index in [1.165, 1.54) is 25.9 Å². The molecular weight excluding hydrogens is 238 g/mol. The molecule has 2 N–H and O–H groups in total. The van der Waals surface area contributed by atoms with E-state index in [1.807, 2.05) is 0 Å². The van der Waals surface area contributed by atoms with Crippen LogP contribution in [-0.4, -0.2) is 67.3 Å². The Bertz CT molecular complexity index is 277. The van der Waals surface area contributed by atoms with Crippen LogP contribution in [0.5, 0.6) is 0 Å². The van der Waals surface area contributed by atoms with E-state index in [0.29, 0.717) is 12.0 Å². The van der Waals surface area contributed by atoms with Crippen LogP contribution in [0.15, 0.2) is 0 Å². The molecule has 0 aromatic carbocycles. The third-order valence-electron chi connectivity index (χ3n) is 5.44. The molecule has 4 nitrogen and oxygen atoms in total. The van der Waals surface area contributed by atoms with Crippen molar-refractivity contribution in [1.29, 1.82) is 0 Å². The number of hydrogen-bond donors (Lipinski definition) is 1. The predicted molar refractivity (Wildman–Crippen MR) is 79.3 cm³/mol. The van der Waals surface area contributed by atoms with Gasteiger partial charge in [0.05, 0.1) is 6.61 Å². The van der Waals surface area contributed by atoms with Crippen LogP contribution in [0.25, 0.3) is 0 Å². The Labute approximate surface area is 118 Å². The minimum atomic E-state index is 0.123. The lowest BCUT2D eigenvalue weighted by Gasteiger charge is -2.42. The summed E-state index contributed by atoms with van der Waals surface area (Å²) >= 11 is 0. The fourth-order valence-electron chi connectivity index (χ4n) is 3.82. The van der Waals surface area contributed by atoms with Crippen LogP contribution in [0, 0.1) is 5.92 Å². The van der Waals surface area contributed by atoms with Crippen molar-refractivity contribution in [2.75, 3.05) is 45.9 Å². The molecule has 2 heterocycles. The first-order valence-corrected chi connectivity index (χ1v) is 7.92. The number of hydrogen-bond acceptors (Lipinski definition) is 4. The molecule has 4 heteroatoms. The average Bonchev–Trinajstić information content (AvgIpc) is 3.11. The maximum Gasteiger partial charge on any atom is 0.0513 e. The third-order valence-corrected chi connectivity index (χ3v) is 5.44.